The molecule has 0 spiro atoms. The quantitative estimate of drug-likeness (QED) is 0.164. The third-order valence-corrected chi connectivity index (χ3v) is 42.7. The summed E-state index contributed by atoms with van der Waals surface area (Å²) in [5.41, 5.74) is 0.240. The van der Waals surface area contributed by atoms with Crippen LogP contribution in [-0.2, 0) is 58.9 Å². The topological polar surface area (TPSA) is 137 Å². The van der Waals surface area contributed by atoms with Crippen LogP contribution in [-0.4, -0.2) is 93.6 Å². The highest BCUT2D eigenvalue weighted by atomic mass is 28.6. The van der Waals surface area contributed by atoms with E-state index < -0.39 is 87.4 Å². The third-order valence-electron chi connectivity index (χ3n) is 7.21. The second-order valence-electron chi connectivity index (χ2n) is 10.4. The number of esters is 1. The first-order chi connectivity index (χ1) is 19.8. The molecule has 0 aromatic carbocycles. The van der Waals surface area contributed by atoms with Crippen LogP contribution >= 0.6 is 0 Å². The summed E-state index contributed by atoms with van der Waals surface area (Å²) >= 11 is 0. The summed E-state index contributed by atoms with van der Waals surface area (Å²) in [6.07, 6.45) is -0.288. The van der Waals surface area contributed by atoms with Gasteiger partial charge in [-0.1, -0.05) is 55.0 Å². The van der Waals surface area contributed by atoms with Crippen molar-refractivity contribution in [2.24, 2.45) is 0 Å². The van der Waals surface area contributed by atoms with Crippen molar-refractivity contribution >= 4 is 87.4 Å². The third kappa shape index (κ3) is 7.00. The lowest BCUT2D eigenvalue weighted by molar-refractivity contribution is -0.138. The Kier molecular flexibility index (Phi) is 11.4. The molecule has 6 bridgehead atoms. The second kappa shape index (κ2) is 13.4. The molecule has 4 fully saturated rings. The van der Waals surface area contributed by atoms with Crippen molar-refractivity contribution in [2.45, 2.75) is 97.7 Å². The Bertz CT molecular complexity index is 971. The summed E-state index contributed by atoms with van der Waals surface area (Å²) in [5, 5.41) is 0. The van der Waals surface area contributed by atoms with E-state index in [0.29, 0.717) is 36.3 Å². The zero-order valence-electron chi connectivity index (χ0n) is 26.0. The van der Waals surface area contributed by atoms with Crippen LogP contribution in [0.25, 0.3) is 0 Å². The number of carbonyl (C=O) groups is 1. The van der Waals surface area contributed by atoms with Crippen LogP contribution < -0.4 is 0 Å². The largest absolute Gasteiger partial charge is 0.515 e. The van der Waals surface area contributed by atoms with Gasteiger partial charge in [0.2, 0.25) is 0 Å². The Morgan fingerprint density at radius 1 is 0.643 bits per heavy atom. The molecule has 42 heavy (non-hydrogen) atoms. The fourth-order valence-electron chi connectivity index (χ4n) is 4.82. The number of hydrogen-bond donors (Lipinski definition) is 0. The predicted molar refractivity (Wildman–Crippen MR) is 170 cm³/mol. The zero-order chi connectivity index (χ0) is 30.9. The molecule has 0 N–H and O–H groups in total. The van der Waals surface area contributed by atoms with Crippen molar-refractivity contribution in [2.75, 3.05) is 6.23 Å². The zero-order valence-corrected chi connectivity index (χ0v) is 35.8. The van der Waals surface area contributed by atoms with Gasteiger partial charge in [-0.15, -0.1) is 0 Å². The summed E-state index contributed by atoms with van der Waals surface area (Å²) in [7, 11) is -29.0. The van der Waals surface area contributed by atoms with Gasteiger partial charge in [-0.3, -0.25) is 0 Å². The fraction of sp³-hybridized carbons (Fsp3) is 0.842. The van der Waals surface area contributed by atoms with Crippen LogP contribution in [0.4, 0.5) is 0 Å². The molecule has 4 aliphatic rings. The van der Waals surface area contributed by atoms with E-state index in [1.165, 1.54) is 0 Å². The molecule has 4 rings (SSSR count). The number of rotatable bonds is 12. The van der Waals surface area contributed by atoms with Crippen LogP contribution in [0.3, 0.4) is 0 Å². The Labute approximate surface area is 261 Å². The monoisotopic (exact) mass is 750 g/mol. The Morgan fingerprint density at radius 2 is 1.00 bits per heavy atom. The maximum absolute atomic E-state index is 12.7. The van der Waals surface area contributed by atoms with E-state index in [2.05, 4.69) is 6.58 Å². The highest BCUT2D eigenvalue weighted by Crippen LogP contribution is 2.48. The van der Waals surface area contributed by atoms with E-state index in [1.54, 1.807) is 6.92 Å². The molecule has 23 heteroatoms. The van der Waals surface area contributed by atoms with Crippen molar-refractivity contribution in [1.82, 2.24) is 0 Å². The molecule has 14 nitrogen and oxygen atoms in total. The Morgan fingerprint density at radius 3 is 1.33 bits per heavy atom. The smallest absolute Gasteiger partial charge is 0.458 e. The predicted octanol–water partition coefficient (Wildman–Crippen LogP) is 2.11. The Balaban J connectivity index is 2.00. The van der Waals surface area contributed by atoms with E-state index >= 15 is 0 Å². The van der Waals surface area contributed by atoms with Crippen molar-refractivity contribution in [3.8, 4) is 0 Å². The van der Waals surface area contributed by atoms with Gasteiger partial charge in [-0.25, -0.2) is 4.79 Å². The minimum absolute atomic E-state index is 0.240. The highest BCUT2D eigenvalue weighted by molar-refractivity contribution is 6.99. The maximum atomic E-state index is 12.7. The second-order valence-corrected chi connectivity index (χ2v) is 37.0. The summed E-state index contributed by atoms with van der Waals surface area (Å²) in [5.74, 6) is -0.587. The lowest BCUT2D eigenvalue weighted by atomic mass is 10.4. The minimum Gasteiger partial charge on any atom is -0.458 e. The molecule has 0 saturated carbocycles. The lowest BCUT2D eigenvalue weighted by Crippen LogP contribution is -2.83. The molecule has 0 radical (unpaired) electrons. The standard InChI is InChI=1S/C19H46O14Si9/c1-10-34-22-42(17-21-19(20)18(8)9)32-39(14-5)27-36(11-2)23-35-24-37(12-3)26-38(13-4,25-36)29-41(16-7,30-39)31-40(15-6,28-37)33-42/h8,10-17,34-35H2,1-7,9H3. The van der Waals surface area contributed by atoms with Crippen LogP contribution in [0.5, 0.6) is 0 Å². The molecular formula is C19H46O14Si9. The van der Waals surface area contributed by atoms with Crippen molar-refractivity contribution in [1.29, 1.82) is 0 Å². The van der Waals surface area contributed by atoms with Gasteiger partial charge in [-0.2, -0.15) is 0 Å². The molecule has 0 amide bonds. The van der Waals surface area contributed by atoms with Crippen LogP contribution in [0.2, 0.25) is 42.3 Å². The summed E-state index contributed by atoms with van der Waals surface area (Å²) in [6.45, 7) is 18.9. The average molecular weight is 751 g/mol. The van der Waals surface area contributed by atoms with E-state index in [9.17, 15) is 4.79 Å². The van der Waals surface area contributed by atoms with Gasteiger partial charge in [0, 0.05) is 41.8 Å². The number of ether oxygens (including phenoxy) is 1. The fourth-order valence-corrected chi connectivity index (χ4v) is 50.9. The summed E-state index contributed by atoms with van der Waals surface area (Å²) < 4.78 is 88.5. The molecule has 0 aromatic heterocycles. The molecule has 4 heterocycles. The van der Waals surface area contributed by atoms with Gasteiger partial charge in [-0.05, 0) is 13.0 Å². The highest BCUT2D eigenvalue weighted by Gasteiger charge is 2.77. The number of hydrogen-bond acceptors (Lipinski definition) is 14. The van der Waals surface area contributed by atoms with Gasteiger partial charge >= 0.3 is 67.6 Å². The molecule has 4 atom stereocenters. The normalized spacial score (nSPS) is 44.3. The van der Waals surface area contributed by atoms with Crippen LogP contribution in [0.15, 0.2) is 12.2 Å². The molecule has 4 saturated heterocycles. The van der Waals surface area contributed by atoms with Crippen molar-refractivity contribution < 1.29 is 58.9 Å². The van der Waals surface area contributed by atoms with Crippen LogP contribution in [0.1, 0.15) is 55.4 Å². The molecule has 0 aliphatic carbocycles. The van der Waals surface area contributed by atoms with E-state index in [0.717, 1.165) is 6.04 Å². The first kappa shape index (κ1) is 35.5. The maximum Gasteiger partial charge on any atom is 0.515 e. The van der Waals surface area contributed by atoms with Gasteiger partial charge in [0.1, 0.15) is 0 Å². The number of fused-ring (bicyclic) bond motifs is 4. The molecule has 4 aliphatic heterocycles. The van der Waals surface area contributed by atoms with Crippen LogP contribution in [0, 0.1) is 0 Å². The van der Waals surface area contributed by atoms with Gasteiger partial charge < -0.3 is 54.1 Å². The summed E-state index contributed by atoms with van der Waals surface area (Å²) in [6, 6.07) is 3.04. The van der Waals surface area contributed by atoms with Gasteiger partial charge in [0.25, 0.3) is 10.0 Å². The molecule has 4 unspecified atom stereocenters. The first-order valence-electron chi connectivity index (χ1n) is 14.9. The van der Waals surface area contributed by atoms with E-state index in [1.807, 2.05) is 48.5 Å². The molecular weight excluding hydrogens is 705 g/mol. The first-order valence-corrected chi connectivity index (χ1v) is 31.1. The lowest BCUT2D eigenvalue weighted by Gasteiger charge is -2.58. The average Bonchev–Trinajstić information content (AvgIpc) is 2.94. The summed E-state index contributed by atoms with van der Waals surface area (Å²) in [4.78, 5) is 12.7. The Hall–Kier alpha value is 0.682. The molecule has 242 valence electrons. The van der Waals surface area contributed by atoms with Gasteiger partial charge in [0.15, 0.2) is 16.0 Å². The number of carbonyl (C=O) groups excluding carboxylic acids is 1. The molecule has 0 aromatic rings. The van der Waals surface area contributed by atoms with Gasteiger partial charge in [0.05, 0.1) is 0 Å². The SMILES string of the molecule is C=C(C)C(=O)OC[Si]1(O[SiH2]CC)O[Si]2(CC)O[Si]3(CC)O[SiH2]O[Si]4(CC)O[Si](CC)(O1)O[Si](CC)(O2)O[Si](CC)(O3)O4. The van der Waals surface area contributed by atoms with E-state index in [-0.39, 0.29) is 11.8 Å². The minimum atomic E-state index is -3.98. The van der Waals surface area contributed by atoms with Crippen molar-refractivity contribution in [3.63, 3.8) is 0 Å². The van der Waals surface area contributed by atoms with E-state index in [4.69, 9.17) is 54.1 Å². The van der Waals surface area contributed by atoms with Crippen molar-refractivity contribution in [3.05, 3.63) is 12.2 Å².